The SMILES string of the molecule is CCCCCO[C@H]1C[C@@H](NC(=O)C(F)(F)F)[C@@H](OCCCCC)[C@H](C)O1. The van der Waals surface area contributed by atoms with Crippen LogP contribution in [0.15, 0.2) is 0 Å². The first-order chi connectivity index (χ1) is 12.3. The van der Waals surface area contributed by atoms with Crippen LogP contribution in [-0.2, 0) is 19.0 Å². The Morgan fingerprint density at radius 2 is 1.65 bits per heavy atom. The maximum atomic E-state index is 12.6. The van der Waals surface area contributed by atoms with Gasteiger partial charge < -0.3 is 19.5 Å². The van der Waals surface area contributed by atoms with Crippen LogP contribution in [0.3, 0.4) is 0 Å². The number of halogens is 3. The Bertz CT molecular complexity index is 406. The fourth-order valence-electron chi connectivity index (χ4n) is 2.93. The molecule has 0 aromatic rings. The van der Waals surface area contributed by atoms with Gasteiger partial charge in [0.15, 0.2) is 6.29 Å². The van der Waals surface area contributed by atoms with E-state index in [4.69, 9.17) is 14.2 Å². The Labute approximate surface area is 153 Å². The number of alkyl halides is 3. The summed E-state index contributed by atoms with van der Waals surface area (Å²) in [5.41, 5.74) is 0. The van der Waals surface area contributed by atoms with E-state index in [0.717, 1.165) is 38.5 Å². The number of unbranched alkanes of at least 4 members (excludes halogenated alkanes) is 4. The average Bonchev–Trinajstić information content (AvgIpc) is 2.56. The minimum atomic E-state index is -4.92. The molecular formula is C18H32F3NO4. The average molecular weight is 383 g/mol. The molecule has 1 heterocycles. The van der Waals surface area contributed by atoms with Gasteiger partial charge in [0.1, 0.15) is 6.10 Å². The lowest BCUT2D eigenvalue weighted by atomic mass is 9.99. The van der Waals surface area contributed by atoms with Crippen molar-refractivity contribution >= 4 is 5.91 Å². The van der Waals surface area contributed by atoms with Crippen LogP contribution in [0.5, 0.6) is 0 Å². The number of nitrogens with one attached hydrogen (secondary N) is 1. The molecule has 1 rings (SSSR count). The Morgan fingerprint density at radius 3 is 2.19 bits per heavy atom. The van der Waals surface area contributed by atoms with E-state index >= 15 is 0 Å². The highest BCUT2D eigenvalue weighted by Crippen LogP contribution is 2.26. The molecule has 1 fully saturated rings. The summed E-state index contributed by atoms with van der Waals surface area (Å²) in [6.07, 6.45) is -0.805. The fourth-order valence-corrected chi connectivity index (χ4v) is 2.93. The fraction of sp³-hybridized carbons (Fsp3) is 0.944. The van der Waals surface area contributed by atoms with Crippen LogP contribution in [0, 0.1) is 0 Å². The summed E-state index contributed by atoms with van der Waals surface area (Å²) in [6, 6.07) is -0.800. The Balaban J connectivity index is 2.66. The van der Waals surface area contributed by atoms with E-state index in [0.29, 0.717) is 13.2 Å². The van der Waals surface area contributed by atoms with E-state index in [1.165, 1.54) is 0 Å². The molecule has 0 radical (unpaired) electrons. The molecular weight excluding hydrogens is 351 g/mol. The van der Waals surface area contributed by atoms with Gasteiger partial charge in [-0.25, -0.2) is 0 Å². The molecule has 0 spiro atoms. The summed E-state index contributed by atoms with van der Waals surface area (Å²) in [5.74, 6) is -1.96. The predicted molar refractivity (Wildman–Crippen MR) is 91.7 cm³/mol. The lowest BCUT2D eigenvalue weighted by molar-refractivity contribution is -0.236. The van der Waals surface area contributed by atoms with Crippen molar-refractivity contribution in [1.82, 2.24) is 5.32 Å². The second-order valence-corrected chi connectivity index (χ2v) is 6.70. The van der Waals surface area contributed by atoms with E-state index < -0.39 is 36.6 Å². The van der Waals surface area contributed by atoms with Crippen molar-refractivity contribution < 1.29 is 32.2 Å². The van der Waals surface area contributed by atoms with Crippen LogP contribution in [0.2, 0.25) is 0 Å². The molecule has 1 aliphatic rings. The van der Waals surface area contributed by atoms with Crippen molar-refractivity contribution in [3.63, 3.8) is 0 Å². The van der Waals surface area contributed by atoms with Gasteiger partial charge in [-0.1, -0.05) is 39.5 Å². The van der Waals surface area contributed by atoms with Crippen molar-refractivity contribution in [1.29, 1.82) is 0 Å². The van der Waals surface area contributed by atoms with Gasteiger partial charge >= 0.3 is 12.1 Å². The van der Waals surface area contributed by atoms with Gasteiger partial charge in [0.2, 0.25) is 0 Å². The molecule has 1 N–H and O–H groups in total. The number of hydrogen-bond acceptors (Lipinski definition) is 4. The number of carbonyl (C=O) groups excluding carboxylic acids is 1. The molecule has 154 valence electrons. The van der Waals surface area contributed by atoms with E-state index in [-0.39, 0.29) is 6.42 Å². The first kappa shape index (κ1) is 23.2. The molecule has 1 amide bonds. The molecule has 0 aliphatic carbocycles. The second-order valence-electron chi connectivity index (χ2n) is 6.70. The highest BCUT2D eigenvalue weighted by Gasteiger charge is 2.44. The van der Waals surface area contributed by atoms with Gasteiger partial charge in [-0.05, 0) is 19.8 Å². The van der Waals surface area contributed by atoms with Gasteiger partial charge in [-0.15, -0.1) is 0 Å². The molecule has 5 nitrogen and oxygen atoms in total. The van der Waals surface area contributed by atoms with Crippen molar-refractivity contribution in [2.45, 2.75) is 96.4 Å². The molecule has 1 saturated heterocycles. The second kappa shape index (κ2) is 11.8. The van der Waals surface area contributed by atoms with Crippen molar-refractivity contribution in [3.05, 3.63) is 0 Å². The molecule has 1 aliphatic heterocycles. The molecule has 0 aromatic carbocycles. The number of hydrogen-bond donors (Lipinski definition) is 1. The molecule has 26 heavy (non-hydrogen) atoms. The van der Waals surface area contributed by atoms with E-state index in [2.05, 4.69) is 19.2 Å². The van der Waals surface area contributed by atoms with Crippen molar-refractivity contribution in [2.75, 3.05) is 13.2 Å². The predicted octanol–water partition coefficient (Wildman–Crippen LogP) is 3.95. The molecule has 0 aromatic heterocycles. The molecule has 0 saturated carbocycles. The quantitative estimate of drug-likeness (QED) is 0.549. The number of rotatable bonds is 11. The summed E-state index contributed by atoms with van der Waals surface area (Å²) in [6.45, 7) is 6.76. The third-order valence-corrected chi connectivity index (χ3v) is 4.36. The summed E-state index contributed by atoms with van der Waals surface area (Å²) in [4.78, 5) is 11.4. The van der Waals surface area contributed by atoms with Crippen LogP contribution in [0.25, 0.3) is 0 Å². The van der Waals surface area contributed by atoms with E-state index in [1.54, 1.807) is 6.92 Å². The Morgan fingerprint density at radius 1 is 1.08 bits per heavy atom. The zero-order valence-corrected chi connectivity index (χ0v) is 15.9. The maximum Gasteiger partial charge on any atom is 0.471 e. The van der Waals surface area contributed by atoms with E-state index in [1.807, 2.05) is 0 Å². The van der Waals surface area contributed by atoms with Gasteiger partial charge in [0, 0.05) is 19.6 Å². The highest BCUT2D eigenvalue weighted by molar-refractivity contribution is 5.82. The first-order valence-electron chi connectivity index (χ1n) is 9.55. The minimum absolute atomic E-state index is 0.136. The topological polar surface area (TPSA) is 56.8 Å². The molecule has 8 heteroatoms. The molecule has 0 unspecified atom stereocenters. The number of ether oxygens (including phenoxy) is 3. The molecule has 4 atom stereocenters. The Kier molecular flexibility index (Phi) is 10.5. The smallest absolute Gasteiger partial charge is 0.373 e. The van der Waals surface area contributed by atoms with Crippen LogP contribution in [0.4, 0.5) is 13.2 Å². The van der Waals surface area contributed by atoms with Crippen molar-refractivity contribution in [2.24, 2.45) is 0 Å². The summed E-state index contributed by atoms with van der Waals surface area (Å²) in [5, 5.41) is 2.06. The van der Waals surface area contributed by atoms with E-state index in [9.17, 15) is 18.0 Å². The first-order valence-corrected chi connectivity index (χ1v) is 9.55. The summed E-state index contributed by atoms with van der Waals surface area (Å²) in [7, 11) is 0. The van der Waals surface area contributed by atoms with Gasteiger partial charge in [0.05, 0.1) is 12.1 Å². The largest absolute Gasteiger partial charge is 0.471 e. The third kappa shape index (κ3) is 8.22. The number of carbonyl (C=O) groups is 1. The number of amides is 1. The Hall–Kier alpha value is -0.860. The minimum Gasteiger partial charge on any atom is -0.373 e. The standard InChI is InChI=1S/C18H32F3NO4/c1-4-6-8-10-24-15-12-14(22-17(23)18(19,20)21)16(13(3)26-15)25-11-9-7-5-2/h13-16H,4-12H2,1-3H3,(H,22,23)/t13-,14+,15+,16-/m0/s1. The molecule has 0 bridgehead atoms. The lowest BCUT2D eigenvalue weighted by Gasteiger charge is -2.40. The van der Waals surface area contributed by atoms with Crippen LogP contribution >= 0.6 is 0 Å². The van der Waals surface area contributed by atoms with Gasteiger partial charge in [-0.2, -0.15) is 13.2 Å². The summed E-state index contributed by atoms with van der Waals surface area (Å²) >= 11 is 0. The van der Waals surface area contributed by atoms with Crippen LogP contribution < -0.4 is 5.32 Å². The van der Waals surface area contributed by atoms with Gasteiger partial charge in [-0.3, -0.25) is 4.79 Å². The maximum absolute atomic E-state index is 12.6. The highest BCUT2D eigenvalue weighted by atomic mass is 19.4. The van der Waals surface area contributed by atoms with Crippen LogP contribution in [0.1, 0.15) is 65.7 Å². The van der Waals surface area contributed by atoms with Crippen molar-refractivity contribution in [3.8, 4) is 0 Å². The van der Waals surface area contributed by atoms with Gasteiger partial charge in [0.25, 0.3) is 0 Å². The normalized spacial score (nSPS) is 26.7. The lowest BCUT2D eigenvalue weighted by Crippen LogP contribution is -2.58. The summed E-state index contributed by atoms with van der Waals surface area (Å²) < 4.78 is 55.1. The zero-order chi connectivity index (χ0) is 19.6. The zero-order valence-electron chi connectivity index (χ0n) is 15.9. The third-order valence-electron chi connectivity index (χ3n) is 4.36. The van der Waals surface area contributed by atoms with Crippen LogP contribution in [-0.4, -0.2) is 49.8 Å². The monoisotopic (exact) mass is 383 g/mol.